The lowest BCUT2D eigenvalue weighted by atomic mass is 9.88. The lowest BCUT2D eigenvalue weighted by Gasteiger charge is -2.19. The Kier molecular flexibility index (Phi) is 4.62. The molecule has 0 radical (unpaired) electrons. The van der Waals surface area contributed by atoms with Gasteiger partial charge < -0.3 is 5.32 Å². The van der Waals surface area contributed by atoms with Crippen molar-refractivity contribution in [1.82, 2.24) is 5.32 Å². The Morgan fingerprint density at radius 2 is 2.12 bits per heavy atom. The van der Waals surface area contributed by atoms with Gasteiger partial charge >= 0.3 is 0 Å². The summed E-state index contributed by atoms with van der Waals surface area (Å²) in [5, 5.41) is 3.00. The zero-order valence-corrected chi connectivity index (χ0v) is 9.96. The van der Waals surface area contributed by atoms with E-state index >= 15 is 0 Å². The highest BCUT2D eigenvalue weighted by Crippen LogP contribution is 2.17. The Hall–Kier alpha value is -1.22. The molecule has 1 aromatic rings. The van der Waals surface area contributed by atoms with Crippen LogP contribution in [0.15, 0.2) is 24.3 Å². The molecule has 0 aliphatic heterocycles. The van der Waals surface area contributed by atoms with E-state index in [0.717, 1.165) is 0 Å². The first-order valence-electron chi connectivity index (χ1n) is 5.50. The Morgan fingerprint density at radius 3 is 2.62 bits per heavy atom. The predicted octanol–water partition coefficient (Wildman–Crippen LogP) is 2.50. The third-order valence-corrected chi connectivity index (χ3v) is 2.67. The molecule has 0 aromatic heterocycles. The van der Waals surface area contributed by atoms with Gasteiger partial charge in [-0.1, -0.05) is 26.0 Å². The summed E-state index contributed by atoms with van der Waals surface area (Å²) in [6.45, 7) is 4.62. The molecular formula is C13H18FNO. The van der Waals surface area contributed by atoms with Crippen LogP contribution in [0.5, 0.6) is 0 Å². The van der Waals surface area contributed by atoms with E-state index in [-0.39, 0.29) is 23.4 Å². The van der Waals surface area contributed by atoms with Crippen molar-refractivity contribution in [2.24, 2.45) is 11.8 Å². The largest absolute Gasteiger partial charge is 0.319 e. The second-order valence-electron chi connectivity index (χ2n) is 4.28. The van der Waals surface area contributed by atoms with E-state index in [1.54, 1.807) is 12.1 Å². The van der Waals surface area contributed by atoms with Crippen LogP contribution < -0.4 is 5.32 Å². The van der Waals surface area contributed by atoms with Crippen molar-refractivity contribution in [3.63, 3.8) is 0 Å². The van der Waals surface area contributed by atoms with Gasteiger partial charge in [-0.3, -0.25) is 4.79 Å². The predicted molar refractivity (Wildman–Crippen MR) is 63.0 cm³/mol. The molecule has 0 heterocycles. The minimum absolute atomic E-state index is 0.00356. The van der Waals surface area contributed by atoms with E-state index in [0.29, 0.717) is 12.1 Å². The molecule has 1 aromatic carbocycles. The normalized spacial score (nSPS) is 12.8. The molecule has 2 nitrogen and oxygen atoms in total. The average molecular weight is 223 g/mol. The van der Waals surface area contributed by atoms with E-state index in [4.69, 9.17) is 0 Å². The number of hydrogen-bond donors (Lipinski definition) is 1. The smallest absolute Gasteiger partial charge is 0.167 e. The molecule has 0 saturated carbocycles. The molecule has 0 amide bonds. The maximum absolute atomic E-state index is 13.0. The summed E-state index contributed by atoms with van der Waals surface area (Å²) in [6, 6.07) is 5.88. The second-order valence-corrected chi connectivity index (χ2v) is 4.28. The number of nitrogens with one attached hydrogen (secondary N) is 1. The van der Waals surface area contributed by atoms with Crippen molar-refractivity contribution in [3.8, 4) is 0 Å². The molecule has 88 valence electrons. The number of Topliss-reactive ketones (excluding diaryl/α,β-unsaturated/α-hetero) is 1. The standard InChI is InChI=1S/C13H18FNO/c1-9(2)12(8-15-3)13(16)10-5-4-6-11(14)7-10/h4-7,9,12,15H,8H2,1-3H3. The zero-order chi connectivity index (χ0) is 12.1. The molecule has 16 heavy (non-hydrogen) atoms. The number of carbonyl (C=O) groups is 1. The van der Waals surface area contributed by atoms with Crippen LogP contribution in [0.25, 0.3) is 0 Å². The minimum Gasteiger partial charge on any atom is -0.319 e. The van der Waals surface area contributed by atoms with Gasteiger partial charge in [0.2, 0.25) is 0 Å². The molecule has 0 aliphatic rings. The number of rotatable bonds is 5. The van der Waals surface area contributed by atoms with Gasteiger partial charge in [0, 0.05) is 18.0 Å². The van der Waals surface area contributed by atoms with Gasteiger partial charge in [0.1, 0.15) is 5.82 Å². The first-order chi connectivity index (χ1) is 7.56. The summed E-state index contributed by atoms with van der Waals surface area (Å²) in [7, 11) is 1.81. The third-order valence-electron chi connectivity index (χ3n) is 2.67. The molecule has 1 rings (SSSR count). The highest BCUT2D eigenvalue weighted by atomic mass is 19.1. The molecule has 1 atom stereocenters. The van der Waals surface area contributed by atoms with Crippen LogP contribution in [0.1, 0.15) is 24.2 Å². The number of benzene rings is 1. The average Bonchev–Trinajstić information content (AvgIpc) is 2.24. The molecule has 1 N–H and O–H groups in total. The van der Waals surface area contributed by atoms with Gasteiger partial charge in [-0.05, 0) is 25.1 Å². The SMILES string of the molecule is CNCC(C(=O)c1cccc(F)c1)C(C)C. The maximum Gasteiger partial charge on any atom is 0.167 e. The van der Waals surface area contributed by atoms with Crippen molar-refractivity contribution in [2.75, 3.05) is 13.6 Å². The van der Waals surface area contributed by atoms with Crippen LogP contribution in [0.3, 0.4) is 0 Å². The highest BCUT2D eigenvalue weighted by molar-refractivity contribution is 5.98. The molecule has 0 aliphatic carbocycles. The Morgan fingerprint density at radius 1 is 1.44 bits per heavy atom. The van der Waals surface area contributed by atoms with Crippen molar-refractivity contribution in [3.05, 3.63) is 35.6 Å². The molecule has 3 heteroatoms. The van der Waals surface area contributed by atoms with Gasteiger partial charge in [-0.2, -0.15) is 0 Å². The molecule has 0 bridgehead atoms. The quantitative estimate of drug-likeness (QED) is 0.777. The summed E-state index contributed by atoms with van der Waals surface area (Å²) in [4.78, 5) is 12.1. The van der Waals surface area contributed by atoms with E-state index in [9.17, 15) is 9.18 Å². The second kappa shape index (κ2) is 5.75. The van der Waals surface area contributed by atoms with Crippen LogP contribution >= 0.6 is 0 Å². The first-order valence-corrected chi connectivity index (χ1v) is 5.50. The van der Waals surface area contributed by atoms with Crippen molar-refractivity contribution >= 4 is 5.78 Å². The lowest BCUT2D eigenvalue weighted by Crippen LogP contribution is -2.30. The molecule has 1 unspecified atom stereocenters. The number of ketones is 1. The van der Waals surface area contributed by atoms with Gasteiger partial charge in [-0.25, -0.2) is 4.39 Å². The third kappa shape index (κ3) is 3.14. The number of halogens is 1. The molecular weight excluding hydrogens is 205 g/mol. The fourth-order valence-electron chi connectivity index (χ4n) is 1.71. The summed E-state index contributed by atoms with van der Waals surface area (Å²) < 4.78 is 13.0. The van der Waals surface area contributed by atoms with E-state index in [1.165, 1.54) is 12.1 Å². The van der Waals surface area contributed by atoms with E-state index in [1.807, 2.05) is 20.9 Å². The zero-order valence-electron chi connectivity index (χ0n) is 9.96. The Labute approximate surface area is 95.9 Å². The van der Waals surface area contributed by atoms with Crippen molar-refractivity contribution < 1.29 is 9.18 Å². The van der Waals surface area contributed by atoms with Gasteiger partial charge in [0.25, 0.3) is 0 Å². The van der Waals surface area contributed by atoms with Crippen LogP contribution in [-0.4, -0.2) is 19.4 Å². The van der Waals surface area contributed by atoms with Crippen molar-refractivity contribution in [1.29, 1.82) is 0 Å². The van der Waals surface area contributed by atoms with Crippen LogP contribution in [0.4, 0.5) is 4.39 Å². The van der Waals surface area contributed by atoms with Crippen LogP contribution in [-0.2, 0) is 0 Å². The Balaban J connectivity index is 2.90. The molecule has 0 saturated heterocycles. The fraction of sp³-hybridized carbons (Fsp3) is 0.462. The minimum atomic E-state index is -0.363. The van der Waals surface area contributed by atoms with Crippen LogP contribution in [0.2, 0.25) is 0 Å². The Bertz CT molecular complexity index is 363. The monoisotopic (exact) mass is 223 g/mol. The summed E-state index contributed by atoms with van der Waals surface area (Å²) >= 11 is 0. The topological polar surface area (TPSA) is 29.1 Å². The van der Waals surface area contributed by atoms with Gasteiger partial charge in [0.05, 0.1) is 0 Å². The maximum atomic E-state index is 13.0. The van der Waals surface area contributed by atoms with Crippen LogP contribution in [0, 0.1) is 17.7 Å². The van der Waals surface area contributed by atoms with Crippen molar-refractivity contribution in [2.45, 2.75) is 13.8 Å². The fourth-order valence-corrected chi connectivity index (χ4v) is 1.71. The number of hydrogen-bond acceptors (Lipinski definition) is 2. The molecule has 0 fully saturated rings. The first kappa shape index (κ1) is 12.8. The summed E-state index contributed by atoms with van der Waals surface area (Å²) in [5.41, 5.74) is 0.453. The van der Waals surface area contributed by atoms with E-state index < -0.39 is 0 Å². The summed E-state index contributed by atoms with van der Waals surface area (Å²) in [6.07, 6.45) is 0. The number of carbonyl (C=O) groups excluding carboxylic acids is 1. The van der Waals surface area contributed by atoms with E-state index in [2.05, 4.69) is 5.32 Å². The molecule has 0 spiro atoms. The summed E-state index contributed by atoms with van der Waals surface area (Å²) in [5.74, 6) is -0.225. The highest BCUT2D eigenvalue weighted by Gasteiger charge is 2.22. The van der Waals surface area contributed by atoms with Gasteiger partial charge in [-0.15, -0.1) is 0 Å². The van der Waals surface area contributed by atoms with Gasteiger partial charge in [0.15, 0.2) is 5.78 Å². The lowest BCUT2D eigenvalue weighted by molar-refractivity contribution is 0.0885.